The van der Waals surface area contributed by atoms with Crippen LogP contribution in [0.25, 0.3) is 0 Å². The number of carboxylic acids is 2. The highest BCUT2D eigenvalue weighted by Crippen LogP contribution is 2.20. The Morgan fingerprint density at radius 1 is 0.688 bits per heavy atom. The number of nitrogens with zero attached hydrogens (tertiary/aromatic N) is 1. The first-order chi connectivity index (χ1) is 37.9. The van der Waals surface area contributed by atoms with Gasteiger partial charge in [-0.3, -0.25) is 33.6 Å². The molecule has 7 amide bonds. The number of ether oxygens (including phenoxy) is 1. The van der Waals surface area contributed by atoms with Crippen molar-refractivity contribution in [3.8, 4) is 11.5 Å². The molecule has 80 heavy (non-hydrogen) atoms. The lowest BCUT2D eigenvalue weighted by Gasteiger charge is -2.28. The summed E-state index contributed by atoms with van der Waals surface area (Å²) >= 11 is 0. The number of nitrogens with one attached hydrogen (secondary N) is 6. The van der Waals surface area contributed by atoms with E-state index >= 15 is 0 Å². The lowest BCUT2D eigenvalue weighted by atomic mass is 9.94. The topological polar surface area (TPSA) is 319 Å². The maximum absolute atomic E-state index is 14.7. The van der Waals surface area contributed by atoms with Crippen molar-refractivity contribution < 1.29 is 68.3 Å². The molecule has 1 saturated heterocycles. The standard InChI is InChI=1S/C59H77N7O14/c1-34(32-35(2)49(80-8)33-42-14-10-9-11-15-42)20-29-45-36(3)52(70)64-48(58(76)77)30-31-50(69)66(7)39(6)55(73)60-38(5)54(72)63-47(19-13-17-41-23-27-44(68)28-24-41)57(75)65-51(59(78)79)37(4)53(71)62-46(56(74)61-45)18-12-16-40-21-25-43(67)26-22-40/h9-11,14-15,20-29,32,35-38,45-49,51,67-68H,6,12-13,16-19,30-31,33H2,1-5,7-8H3,(H,60,73)(H,61,74)(H,62,71)(H,63,72)(H,64,70)(H,65,75)(H,76,77)(H,78,79)/t35-,36-,37-,38+,45-,46-,47-,48+,49-,51+/m0/s1. The molecule has 0 spiro atoms. The normalized spacial score (nSPS) is 23.7. The smallest absolute Gasteiger partial charge is 0.327 e. The van der Waals surface area contributed by atoms with Crippen LogP contribution in [0.3, 0.4) is 0 Å². The van der Waals surface area contributed by atoms with Crippen LogP contribution in [-0.4, -0.2) is 135 Å². The third-order valence-corrected chi connectivity index (χ3v) is 14.1. The summed E-state index contributed by atoms with van der Waals surface area (Å²) < 4.78 is 5.85. The number of aliphatic carboxylic acids is 2. The van der Waals surface area contributed by atoms with Crippen molar-refractivity contribution in [2.24, 2.45) is 17.8 Å². The van der Waals surface area contributed by atoms with Crippen LogP contribution in [0.1, 0.15) is 89.8 Å². The molecular weight excluding hydrogens is 1030 g/mol. The Morgan fingerprint density at radius 3 is 1.74 bits per heavy atom. The average molecular weight is 1110 g/mol. The van der Waals surface area contributed by atoms with Gasteiger partial charge in [-0.15, -0.1) is 0 Å². The molecular formula is C59H77N7O14. The second-order valence-electron chi connectivity index (χ2n) is 20.3. The van der Waals surface area contributed by atoms with E-state index in [9.17, 15) is 63.6 Å². The molecule has 1 heterocycles. The van der Waals surface area contributed by atoms with Gasteiger partial charge in [0.2, 0.25) is 35.4 Å². The van der Waals surface area contributed by atoms with E-state index in [1.165, 1.54) is 52.1 Å². The van der Waals surface area contributed by atoms with Gasteiger partial charge < -0.3 is 62.0 Å². The highest BCUT2D eigenvalue weighted by atomic mass is 16.5. The van der Waals surface area contributed by atoms with Crippen LogP contribution >= 0.6 is 0 Å². The number of rotatable bonds is 17. The number of likely N-dealkylation sites (N-methyl/N-ethyl adjacent to an activating group) is 1. The summed E-state index contributed by atoms with van der Waals surface area (Å²) in [5.41, 5.74) is 2.90. The van der Waals surface area contributed by atoms with Crippen molar-refractivity contribution in [1.29, 1.82) is 0 Å². The van der Waals surface area contributed by atoms with E-state index in [1.807, 2.05) is 50.3 Å². The minimum Gasteiger partial charge on any atom is -0.508 e. The quantitative estimate of drug-likeness (QED) is 0.0676. The largest absolute Gasteiger partial charge is 0.508 e. The van der Waals surface area contributed by atoms with Crippen LogP contribution in [-0.2, 0) is 67.2 Å². The molecule has 0 unspecified atom stereocenters. The first-order valence-electron chi connectivity index (χ1n) is 26.6. The molecule has 432 valence electrons. The SMILES string of the molecule is C=C1C(=O)N[C@H](C)C(=O)N[C@@H](CCCc2ccc(O)cc2)C(=O)N[C@@H](C(=O)O)[C@H](C)C(=O)N[C@@H](CCCc2ccc(O)cc2)C(=O)N[C@@H](C=CC(C)=C[C@H](C)[C@H](Cc2ccccc2)OC)[C@H](C)C(=O)N[C@@H](C(=O)O)CCC(=O)N1C. The van der Waals surface area contributed by atoms with E-state index in [-0.39, 0.29) is 49.2 Å². The number of phenolic OH excluding ortho intramolecular Hbond substituents is 2. The van der Waals surface area contributed by atoms with Gasteiger partial charge in [0.05, 0.1) is 24.0 Å². The van der Waals surface area contributed by atoms with Gasteiger partial charge in [0, 0.05) is 26.5 Å². The van der Waals surface area contributed by atoms with Gasteiger partial charge in [-0.2, -0.15) is 0 Å². The Balaban J connectivity index is 1.77. The number of carbonyl (C=O) groups excluding carboxylic acids is 7. The third kappa shape index (κ3) is 20.2. The summed E-state index contributed by atoms with van der Waals surface area (Å²) in [4.78, 5) is 124. The molecule has 0 bridgehead atoms. The molecule has 1 aliphatic heterocycles. The van der Waals surface area contributed by atoms with Crippen molar-refractivity contribution in [2.45, 2.75) is 135 Å². The number of aryl methyl sites for hydroxylation is 2. The second-order valence-corrected chi connectivity index (χ2v) is 20.3. The summed E-state index contributed by atoms with van der Waals surface area (Å²) in [6.45, 7) is 11.4. The van der Waals surface area contributed by atoms with Gasteiger partial charge in [-0.1, -0.05) is 106 Å². The number of hydrogen-bond acceptors (Lipinski definition) is 12. The molecule has 3 aromatic carbocycles. The van der Waals surface area contributed by atoms with E-state index < -0.39 is 120 Å². The molecule has 21 nitrogen and oxygen atoms in total. The van der Waals surface area contributed by atoms with Crippen molar-refractivity contribution >= 4 is 53.3 Å². The maximum Gasteiger partial charge on any atom is 0.327 e. The number of carboxylic acid groups (broad SMARTS) is 2. The number of phenols is 2. The average Bonchev–Trinajstić information content (AvgIpc) is 3.44. The number of amides is 7. The van der Waals surface area contributed by atoms with Crippen LogP contribution in [0.4, 0.5) is 0 Å². The molecule has 1 aliphatic rings. The molecule has 3 aromatic rings. The van der Waals surface area contributed by atoms with Crippen molar-refractivity contribution in [3.05, 3.63) is 132 Å². The molecule has 0 saturated carbocycles. The fourth-order valence-electron chi connectivity index (χ4n) is 8.86. The van der Waals surface area contributed by atoms with Crippen LogP contribution in [0.2, 0.25) is 0 Å². The Labute approximate surface area is 466 Å². The monoisotopic (exact) mass is 1110 g/mol. The molecule has 21 heteroatoms. The highest BCUT2D eigenvalue weighted by Gasteiger charge is 2.37. The Hall–Kier alpha value is -8.33. The molecule has 10 N–H and O–H groups in total. The Morgan fingerprint density at radius 2 is 1.21 bits per heavy atom. The van der Waals surface area contributed by atoms with Gasteiger partial charge in [0.15, 0.2) is 0 Å². The minimum absolute atomic E-state index is 0.0309. The van der Waals surface area contributed by atoms with Crippen LogP contribution in [0, 0.1) is 17.8 Å². The number of benzene rings is 3. The summed E-state index contributed by atoms with van der Waals surface area (Å²) in [6.07, 6.45) is 5.74. The third-order valence-electron chi connectivity index (χ3n) is 14.1. The fourth-order valence-corrected chi connectivity index (χ4v) is 8.86. The fraction of sp³-hybridized carbons (Fsp3) is 0.441. The lowest BCUT2D eigenvalue weighted by molar-refractivity contribution is -0.146. The van der Waals surface area contributed by atoms with E-state index in [0.29, 0.717) is 24.8 Å². The molecule has 0 radical (unpaired) electrons. The van der Waals surface area contributed by atoms with Gasteiger partial charge in [0.25, 0.3) is 5.91 Å². The van der Waals surface area contributed by atoms with Gasteiger partial charge in [-0.25, -0.2) is 9.59 Å². The summed E-state index contributed by atoms with van der Waals surface area (Å²) in [6, 6.07) is 13.5. The summed E-state index contributed by atoms with van der Waals surface area (Å²) in [5.74, 6) is -12.2. The first kappa shape index (κ1) is 64.2. The van der Waals surface area contributed by atoms with E-state index in [2.05, 4.69) is 38.5 Å². The van der Waals surface area contributed by atoms with Gasteiger partial charge in [0.1, 0.15) is 47.4 Å². The van der Waals surface area contributed by atoms with Gasteiger partial charge in [-0.05, 0) is 106 Å². The number of hydrogen-bond donors (Lipinski definition) is 10. The predicted molar refractivity (Wildman–Crippen MR) is 297 cm³/mol. The molecule has 4 rings (SSSR count). The first-order valence-corrected chi connectivity index (χ1v) is 26.6. The molecule has 0 aromatic heterocycles. The minimum atomic E-state index is -1.92. The zero-order chi connectivity index (χ0) is 59.2. The van der Waals surface area contributed by atoms with Crippen molar-refractivity contribution in [2.75, 3.05) is 14.2 Å². The predicted octanol–water partition coefficient (Wildman–Crippen LogP) is 3.98. The Kier molecular flexibility index (Phi) is 25.1. The van der Waals surface area contributed by atoms with Crippen LogP contribution in [0.15, 0.2) is 115 Å². The number of carbonyl (C=O) groups is 9. The molecule has 0 aliphatic carbocycles. The molecule has 1 fully saturated rings. The maximum atomic E-state index is 14.7. The lowest BCUT2D eigenvalue weighted by Crippen LogP contribution is -2.59. The zero-order valence-electron chi connectivity index (χ0n) is 46.4. The number of methoxy groups -OCH3 is 1. The number of allylic oxidation sites excluding steroid dienone is 2. The van der Waals surface area contributed by atoms with Gasteiger partial charge >= 0.3 is 11.9 Å². The Bertz CT molecular complexity index is 2710. The highest BCUT2D eigenvalue weighted by molar-refractivity contribution is 6.00. The molecule has 10 atom stereocenters. The van der Waals surface area contributed by atoms with E-state index in [4.69, 9.17) is 4.74 Å². The second kappa shape index (κ2) is 31.3. The summed E-state index contributed by atoms with van der Waals surface area (Å²) in [7, 11) is 2.82. The van der Waals surface area contributed by atoms with Crippen LogP contribution in [0.5, 0.6) is 11.5 Å². The van der Waals surface area contributed by atoms with E-state index in [1.54, 1.807) is 43.5 Å². The summed E-state index contributed by atoms with van der Waals surface area (Å²) in [5, 5.41) is 55.7. The zero-order valence-corrected chi connectivity index (χ0v) is 46.4. The van der Waals surface area contributed by atoms with Crippen LogP contribution < -0.4 is 31.9 Å². The van der Waals surface area contributed by atoms with E-state index in [0.717, 1.165) is 21.6 Å². The van der Waals surface area contributed by atoms with Crippen molar-refractivity contribution in [1.82, 2.24) is 36.8 Å². The van der Waals surface area contributed by atoms with Crippen molar-refractivity contribution in [3.63, 3.8) is 0 Å². The number of aromatic hydroxyl groups is 2.